The van der Waals surface area contributed by atoms with Crippen LogP contribution in [0.3, 0.4) is 0 Å². The van der Waals surface area contributed by atoms with E-state index in [1.54, 1.807) is 0 Å². The van der Waals surface area contributed by atoms with E-state index in [1.807, 2.05) is 13.8 Å². The minimum Gasteiger partial charge on any atom is -0.331 e. The first-order valence-electron chi connectivity index (χ1n) is 7.85. The highest BCUT2D eigenvalue weighted by atomic mass is 15.2. The van der Waals surface area contributed by atoms with Crippen LogP contribution in [-0.2, 0) is 0 Å². The Labute approximate surface area is 125 Å². The van der Waals surface area contributed by atoms with Gasteiger partial charge in [-0.3, -0.25) is 5.41 Å². The van der Waals surface area contributed by atoms with Crippen LogP contribution >= 0.6 is 0 Å². The van der Waals surface area contributed by atoms with E-state index in [2.05, 4.69) is 38.8 Å². The summed E-state index contributed by atoms with van der Waals surface area (Å²) in [7, 11) is 0. The van der Waals surface area contributed by atoms with Gasteiger partial charge in [0.05, 0.1) is 0 Å². The van der Waals surface area contributed by atoms with Crippen molar-refractivity contribution in [1.29, 1.82) is 5.41 Å². The van der Waals surface area contributed by atoms with Crippen LogP contribution < -0.4 is 0 Å². The second-order valence-electron chi connectivity index (χ2n) is 7.43. The summed E-state index contributed by atoms with van der Waals surface area (Å²) < 4.78 is 0. The molecule has 0 saturated heterocycles. The Bertz CT molecular complexity index is 381. The molecule has 1 atom stereocenters. The highest BCUT2D eigenvalue weighted by molar-refractivity contribution is 5.86. The lowest BCUT2D eigenvalue weighted by molar-refractivity contribution is 0.253. The molecule has 0 heterocycles. The summed E-state index contributed by atoms with van der Waals surface area (Å²) in [5.41, 5.74) is 2.09. The summed E-state index contributed by atoms with van der Waals surface area (Å²) in [6.45, 7) is 18.9. The van der Waals surface area contributed by atoms with Crippen molar-refractivity contribution in [3.05, 3.63) is 24.4 Å². The van der Waals surface area contributed by atoms with Gasteiger partial charge in [0.2, 0.25) is 0 Å². The summed E-state index contributed by atoms with van der Waals surface area (Å²) in [5.74, 6) is 0.769. The van der Waals surface area contributed by atoms with E-state index in [0.717, 1.165) is 11.3 Å². The van der Waals surface area contributed by atoms with Crippen LogP contribution in [0.4, 0.5) is 0 Å². The van der Waals surface area contributed by atoms with Gasteiger partial charge in [0, 0.05) is 17.7 Å². The molecule has 1 fully saturated rings. The lowest BCUT2D eigenvalue weighted by Gasteiger charge is -2.42. The molecule has 20 heavy (non-hydrogen) atoms. The minimum atomic E-state index is 0.0191. The standard InChI is InChI=1S/C18H32N2/c1-13(2)16(18(5,6)7)17(19)20(14(3)4)15-11-9-8-10-12-15/h15-16,19H,1,3,8-12H2,2,4-7H3. The summed E-state index contributed by atoms with van der Waals surface area (Å²) in [4.78, 5) is 2.18. The Hall–Kier alpha value is -1.05. The number of nitrogens with one attached hydrogen (secondary N) is 1. The largest absolute Gasteiger partial charge is 0.331 e. The van der Waals surface area contributed by atoms with Gasteiger partial charge in [0.15, 0.2) is 0 Å². The highest BCUT2D eigenvalue weighted by Crippen LogP contribution is 2.36. The predicted molar refractivity (Wildman–Crippen MR) is 89.0 cm³/mol. The average Bonchev–Trinajstić information content (AvgIpc) is 2.27. The molecule has 1 saturated carbocycles. The fraction of sp³-hybridized carbons (Fsp3) is 0.722. The van der Waals surface area contributed by atoms with E-state index in [4.69, 9.17) is 5.41 Å². The van der Waals surface area contributed by atoms with E-state index < -0.39 is 0 Å². The van der Waals surface area contributed by atoms with Gasteiger partial charge in [-0.05, 0) is 32.1 Å². The molecule has 0 amide bonds. The number of hydrogen-bond donors (Lipinski definition) is 1. The second kappa shape index (κ2) is 6.60. The molecule has 0 bridgehead atoms. The Morgan fingerprint density at radius 1 is 1.10 bits per heavy atom. The van der Waals surface area contributed by atoms with Crippen molar-refractivity contribution in [1.82, 2.24) is 4.90 Å². The number of nitrogens with zero attached hydrogens (tertiary/aromatic N) is 1. The Balaban J connectivity index is 3.03. The van der Waals surface area contributed by atoms with E-state index in [1.165, 1.54) is 32.1 Å². The lowest BCUT2D eigenvalue weighted by Crippen LogP contribution is -2.46. The van der Waals surface area contributed by atoms with Crippen LogP contribution in [0.25, 0.3) is 0 Å². The van der Waals surface area contributed by atoms with Gasteiger partial charge in [0.25, 0.3) is 0 Å². The normalized spacial score (nSPS) is 18.4. The maximum Gasteiger partial charge on any atom is 0.108 e. The van der Waals surface area contributed by atoms with E-state index in [-0.39, 0.29) is 11.3 Å². The topological polar surface area (TPSA) is 27.1 Å². The average molecular weight is 276 g/mol. The number of amidine groups is 1. The van der Waals surface area contributed by atoms with Crippen molar-refractivity contribution in [3.63, 3.8) is 0 Å². The quantitative estimate of drug-likeness (QED) is 0.417. The van der Waals surface area contributed by atoms with E-state index in [9.17, 15) is 0 Å². The van der Waals surface area contributed by atoms with Crippen molar-refractivity contribution in [2.75, 3.05) is 0 Å². The summed E-state index contributed by atoms with van der Waals surface area (Å²) in [6, 6.07) is 0.456. The fourth-order valence-corrected chi connectivity index (χ4v) is 3.58. The smallest absolute Gasteiger partial charge is 0.108 e. The van der Waals surface area contributed by atoms with Gasteiger partial charge in [-0.15, -0.1) is 0 Å². The van der Waals surface area contributed by atoms with Crippen molar-refractivity contribution in [2.24, 2.45) is 11.3 Å². The molecule has 0 spiro atoms. The van der Waals surface area contributed by atoms with Gasteiger partial charge < -0.3 is 4.90 Å². The molecule has 0 aromatic carbocycles. The third kappa shape index (κ3) is 3.97. The first-order valence-corrected chi connectivity index (χ1v) is 7.85. The molecule has 0 aromatic rings. The number of hydrogen-bond acceptors (Lipinski definition) is 1. The lowest BCUT2D eigenvalue weighted by atomic mass is 9.75. The zero-order valence-electron chi connectivity index (χ0n) is 14.1. The third-order valence-corrected chi connectivity index (χ3v) is 4.24. The molecule has 114 valence electrons. The molecule has 0 aromatic heterocycles. The summed E-state index contributed by atoms with van der Waals surface area (Å²) >= 11 is 0. The van der Waals surface area contributed by atoms with Crippen LogP contribution in [0, 0.1) is 16.7 Å². The predicted octanol–water partition coefficient (Wildman–Crippen LogP) is 5.37. The molecule has 2 nitrogen and oxygen atoms in total. The zero-order chi connectivity index (χ0) is 15.5. The molecule has 1 aliphatic rings. The minimum absolute atomic E-state index is 0.0191. The molecule has 1 unspecified atom stereocenters. The van der Waals surface area contributed by atoms with Crippen LogP contribution in [0.5, 0.6) is 0 Å². The second-order valence-corrected chi connectivity index (χ2v) is 7.43. The first kappa shape index (κ1) is 17.0. The maximum atomic E-state index is 8.76. The van der Waals surface area contributed by atoms with Crippen LogP contribution in [0.1, 0.15) is 66.7 Å². The molecule has 1 rings (SSSR count). The van der Waals surface area contributed by atoms with Crippen LogP contribution in [0.15, 0.2) is 24.4 Å². The monoisotopic (exact) mass is 276 g/mol. The number of allylic oxidation sites excluding steroid dienone is 1. The molecule has 0 radical (unpaired) electrons. The molecule has 2 heteroatoms. The molecule has 1 aliphatic carbocycles. The van der Waals surface area contributed by atoms with Crippen LogP contribution in [-0.4, -0.2) is 16.8 Å². The van der Waals surface area contributed by atoms with E-state index >= 15 is 0 Å². The first-order chi connectivity index (χ1) is 9.16. The Morgan fingerprint density at radius 3 is 1.95 bits per heavy atom. The van der Waals surface area contributed by atoms with E-state index in [0.29, 0.717) is 11.9 Å². The van der Waals surface area contributed by atoms with Crippen LogP contribution in [0.2, 0.25) is 0 Å². The zero-order valence-corrected chi connectivity index (χ0v) is 14.1. The Kier molecular flexibility index (Phi) is 5.61. The van der Waals surface area contributed by atoms with Crippen molar-refractivity contribution >= 4 is 5.84 Å². The number of rotatable bonds is 4. The highest BCUT2D eigenvalue weighted by Gasteiger charge is 2.35. The summed E-state index contributed by atoms with van der Waals surface area (Å²) in [5, 5.41) is 8.76. The molecule has 1 N–H and O–H groups in total. The Morgan fingerprint density at radius 2 is 1.60 bits per heavy atom. The van der Waals surface area contributed by atoms with Gasteiger partial charge >= 0.3 is 0 Å². The van der Waals surface area contributed by atoms with Gasteiger partial charge in [-0.25, -0.2) is 0 Å². The molecular weight excluding hydrogens is 244 g/mol. The SMILES string of the molecule is C=C(C)C(C(=N)N(C(=C)C)C1CCCCC1)C(C)(C)C. The van der Waals surface area contributed by atoms with Crippen molar-refractivity contribution in [2.45, 2.75) is 72.8 Å². The maximum absolute atomic E-state index is 8.76. The summed E-state index contributed by atoms with van der Waals surface area (Å²) in [6.07, 6.45) is 6.24. The molecular formula is C18H32N2. The van der Waals surface area contributed by atoms with Crippen molar-refractivity contribution < 1.29 is 0 Å². The third-order valence-electron chi connectivity index (χ3n) is 4.24. The molecule has 0 aliphatic heterocycles. The van der Waals surface area contributed by atoms with Gasteiger partial charge in [-0.1, -0.05) is 58.8 Å². The van der Waals surface area contributed by atoms with Crippen molar-refractivity contribution in [3.8, 4) is 0 Å². The fourth-order valence-electron chi connectivity index (χ4n) is 3.58. The van der Waals surface area contributed by atoms with Gasteiger partial charge in [0.1, 0.15) is 5.84 Å². The van der Waals surface area contributed by atoms with Gasteiger partial charge in [-0.2, -0.15) is 0 Å².